The summed E-state index contributed by atoms with van der Waals surface area (Å²) in [7, 11) is 2.67. The molecule has 188 valence electrons. The molecule has 1 aliphatic heterocycles. The molecule has 2 radical (unpaired) electrons. The second-order valence-electron chi connectivity index (χ2n) is 8.38. The van der Waals surface area contributed by atoms with Crippen molar-refractivity contribution in [2.45, 2.75) is 24.2 Å². The normalized spacial score (nSPS) is 13.6. The maximum absolute atomic E-state index is 12.5. The van der Waals surface area contributed by atoms with E-state index in [0.717, 1.165) is 36.7 Å². The van der Waals surface area contributed by atoms with Gasteiger partial charge in [0.15, 0.2) is 0 Å². The van der Waals surface area contributed by atoms with Crippen molar-refractivity contribution >= 4 is 46.1 Å². The first-order chi connectivity index (χ1) is 17.8. The Morgan fingerprint density at radius 2 is 1.78 bits per heavy atom. The van der Waals surface area contributed by atoms with E-state index in [1.807, 2.05) is 54.1 Å². The van der Waals surface area contributed by atoms with Crippen LogP contribution < -0.4 is 36.7 Å². The summed E-state index contributed by atoms with van der Waals surface area (Å²) < 4.78 is 32.9. The molecule has 0 saturated carbocycles. The molecule has 1 aliphatic rings. The minimum absolute atomic E-state index is 0.215. The molecule has 0 spiro atoms. The summed E-state index contributed by atoms with van der Waals surface area (Å²) in [5.41, 5.74) is 4.22. The summed E-state index contributed by atoms with van der Waals surface area (Å²) in [5.74, 6) is 0.989. The zero-order valence-electron chi connectivity index (χ0n) is 19.8. The van der Waals surface area contributed by atoms with Crippen LogP contribution in [-0.4, -0.2) is 31.2 Å². The predicted molar refractivity (Wildman–Crippen MR) is 143 cm³/mol. The second kappa shape index (κ2) is 10.9. The second-order valence-corrected chi connectivity index (χ2v) is 13.9. The Bertz CT molecular complexity index is 1610. The van der Waals surface area contributed by atoms with Gasteiger partial charge in [-0.1, -0.05) is 0 Å². The van der Waals surface area contributed by atoms with Gasteiger partial charge < -0.3 is 0 Å². The predicted octanol–water partition coefficient (Wildman–Crippen LogP) is 0.132. The van der Waals surface area contributed by atoms with E-state index in [-0.39, 0.29) is 12.3 Å². The minimum atomic E-state index is -3.53. The number of aromatic nitrogens is 2. The van der Waals surface area contributed by atoms with Crippen LogP contribution in [0.3, 0.4) is 0 Å². The number of para-hydroxylation sites is 1. The van der Waals surface area contributed by atoms with Crippen molar-refractivity contribution in [2.24, 2.45) is 0 Å². The van der Waals surface area contributed by atoms with Gasteiger partial charge in [-0.3, -0.25) is 0 Å². The van der Waals surface area contributed by atoms with Crippen LogP contribution in [0.1, 0.15) is 21.6 Å². The molecule has 0 saturated heterocycles. The zero-order chi connectivity index (χ0) is 26.0. The number of rotatable bonds is 8. The van der Waals surface area contributed by atoms with Crippen LogP contribution in [0.4, 0.5) is 0 Å². The van der Waals surface area contributed by atoms with Crippen molar-refractivity contribution in [2.75, 3.05) is 0 Å². The van der Waals surface area contributed by atoms with Gasteiger partial charge in [0.1, 0.15) is 4.21 Å². The van der Waals surface area contributed by atoms with Gasteiger partial charge in [0.2, 0.25) is 0 Å². The number of sulfonamides is 1. The summed E-state index contributed by atoms with van der Waals surface area (Å²) in [6.07, 6.45) is 3.64. The van der Waals surface area contributed by atoms with E-state index in [9.17, 15) is 13.5 Å². The number of nitrogens with zero attached hydrogens (tertiary/aromatic N) is 2. The van der Waals surface area contributed by atoms with E-state index >= 15 is 0 Å². The van der Waals surface area contributed by atoms with E-state index < -0.39 is 31.2 Å². The number of aromatic hydroxyl groups is 1. The van der Waals surface area contributed by atoms with Crippen LogP contribution in [0.5, 0.6) is 5.75 Å². The van der Waals surface area contributed by atoms with Crippen LogP contribution in [0.2, 0.25) is 0 Å². The molecule has 0 unspecified atom stereocenters. The molecule has 0 amide bonds. The van der Waals surface area contributed by atoms with Gasteiger partial charge in [-0.2, -0.15) is 0 Å². The van der Waals surface area contributed by atoms with E-state index in [0.29, 0.717) is 16.2 Å². The van der Waals surface area contributed by atoms with E-state index in [1.54, 1.807) is 30.5 Å². The van der Waals surface area contributed by atoms with Gasteiger partial charge in [0.25, 0.3) is 0 Å². The number of phenolic OH excluding ortho intramolecular Hbond substituents is 1. The number of fused-ring (bicyclic) bond motifs is 1. The summed E-state index contributed by atoms with van der Waals surface area (Å²) in [5, 5.41) is 18.3. The Morgan fingerprint density at radius 1 is 1.05 bits per heavy atom. The summed E-state index contributed by atoms with van der Waals surface area (Å²) >= 11 is 0.686. The Kier molecular flexibility index (Phi) is 7.56. The first kappa shape index (κ1) is 25.8. The van der Waals surface area contributed by atoms with Crippen LogP contribution >= 0.6 is 11.3 Å². The first-order valence-electron chi connectivity index (χ1n) is 11.4. The fraction of sp³-hybridized carbons (Fsp3) is 0.115. The Hall–Kier alpha value is -2.87. The average molecular weight is 641 g/mol. The standard InChI is InChI=1S/C26H23BIN4O3S2/c1-17-6-11-25(36-17)37(34,35)31-15-19-9-7-18(8-10-19)14-29-24-12-20(21-4-2-3-5-23(21)33)13-28-26-22(27)16-30-32(24)26/h2-13,16,29,31,33H,14-15H2,1H3/q-1. The Morgan fingerprint density at radius 3 is 2.49 bits per heavy atom. The quantitative estimate of drug-likeness (QED) is 0.188. The number of allylic oxidation sites excluding steroid dienone is 2. The molecule has 0 atom stereocenters. The van der Waals surface area contributed by atoms with Crippen molar-refractivity contribution in [1.29, 1.82) is 0 Å². The third-order valence-corrected chi connectivity index (χ3v) is 11.2. The van der Waals surface area contributed by atoms with Crippen molar-refractivity contribution in [1.82, 2.24) is 19.8 Å². The van der Waals surface area contributed by atoms with Crippen molar-refractivity contribution < 1.29 is 34.7 Å². The molecule has 2 aromatic carbocycles. The average Bonchev–Trinajstić information content (AvgIpc) is 3.44. The molecular formula is C26H23BIN4O3S2-. The van der Waals surface area contributed by atoms with Crippen molar-refractivity contribution in [3.05, 3.63) is 102 Å². The van der Waals surface area contributed by atoms with E-state index in [2.05, 4.69) is 19.2 Å². The van der Waals surface area contributed by atoms with Gasteiger partial charge in [-0.15, -0.1) is 11.3 Å². The number of hydrogen-bond donors (Lipinski definition) is 3. The summed E-state index contributed by atoms with van der Waals surface area (Å²) in [6, 6.07) is 18.5. The maximum atomic E-state index is 12.5. The fourth-order valence-electron chi connectivity index (χ4n) is 3.73. The molecule has 3 heterocycles. The number of halogens is 1. The Labute approximate surface area is 231 Å². The monoisotopic (exact) mass is 641 g/mol. The van der Waals surface area contributed by atoms with Crippen molar-refractivity contribution in [3.63, 3.8) is 0 Å². The van der Waals surface area contributed by atoms with E-state index in [1.165, 1.54) is 11.3 Å². The summed E-state index contributed by atoms with van der Waals surface area (Å²) in [6.45, 7) is 2.62. The molecule has 2 aromatic heterocycles. The fourth-order valence-corrected chi connectivity index (χ4v) is 8.37. The third kappa shape index (κ3) is 5.84. The van der Waals surface area contributed by atoms with Crippen LogP contribution in [0, 0.1) is 10.6 Å². The number of benzene rings is 2. The summed E-state index contributed by atoms with van der Waals surface area (Å²) in [4.78, 5) is 0.955. The molecule has 4 aromatic rings. The molecule has 7 nitrogen and oxygen atoms in total. The molecule has 5 rings (SSSR count). The van der Waals surface area contributed by atoms with Gasteiger partial charge in [0, 0.05) is 4.88 Å². The van der Waals surface area contributed by atoms with Crippen molar-refractivity contribution in [3.8, 4) is 5.75 Å². The third-order valence-electron chi connectivity index (χ3n) is 5.69. The van der Waals surface area contributed by atoms with Gasteiger partial charge in [-0.25, -0.2) is 8.42 Å². The molecule has 0 aliphatic carbocycles. The molecule has 3 N–H and O–H groups in total. The number of nitrogens with one attached hydrogen (secondary N) is 2. The molecule has 0 fully saturated rings. The molecular weight excluding hydrogens is 618 g/mol. The topological polar surface area (TPSA) is 96.2 Å². The molecule has 37 heavy (non-hydrogen) atoms. The molecule has 11 heteroatoms. The van der Waals surface area contributed by atoms with Gasteiger partial charge in [-0.05, 0) is 19.1 Å². The molecule has 0 bridgehead atoms. The number of hydrogen-bond acceptors (Lipinski definition) is 6. The van der Waals surface area contributed by atoms with Gasteiger partial charge in [0.05, 0.1) is 0 Å². The zero-order valence-corrected chi connectivity index (χ0v) is 23.6. The first-order valence-corrected chi connectivity index (χ1v) is 16.0. The number of aryl methyl sites for hydroxylation is 1. The van der Waals surface area contributed by atoms with Crippen LogP contribution in [0.25, 0.3) is 11.4 Å². The number of phenols is 1. The van der Waals surface area contributed by atoms with Crippen LogP contribution in [-0.2, 0) is 23.1 Å². The van der Waals surface area contributed by atoms with Gasteiger partial charge >= 0.3 is 185 Å². The van der Waals surface area contributed by atoms with E-state index in [4.69, 9.17) is 7.85 Å². The van der Waals surface area contributed by atoms with Crippen LogP contribution in [0.15, 0.2) is 81.2 Å². The Balaban J connectivity index is 1.29. The SMILES string of the molecule is [B]c1cnn2c1[I-]C=C(c1ccccc1O)C=C2NCc1ccc(CNS(=O)(=O)c2ccc(C)s2)cc1. The number of thiophene rings is 1.